The maximum atomic E-state index is 12.8. The van der Waals surface area contributed by atoms with Gasteiger partial charge in [0.1, 0.15) is 6.54 Å². The van der Waals surface area contributed by atoms with Gasteiger partial charge in [0.05, 0.1) is 0 Å². The van der Waals surface area contributed by atoms with Gasteiger partial charge in [-0.25, -0.2) is 17.2 Å². The predicted molar refractivity (Wildman–Crippen MR) is 68.1 cm³/mol. The molecule has 2 heterocycles. The Balaban J connectivity index is 1.84. The summed E-state index contributed by atoms with van der Waals surface area (Å²) in [6, 6.07) is 0. The summed E-state index contributed by atoms with van der Waals surface area (Å²) in [5.41, 5.74) is -0.870. The molecule has 0 amide bonds. The molecule has 0 saturated heterocycles. The van der Waals surface area contributed by atoms with Crippen molar-refractivity contribution < 1.29 is 21.7 Å². The van der Waals surface area contributed by atoms with E-state index in [9.17, 15) is 17.2 Å². The van der Waals surface area contributed by atoms with Crippen molar-refractivity contribution in [1.82, 2.24) is 25.1 Å². The van der Waals surface area contributed by atoms with Crippen LogP contribution in [0.25, 0.3) is 0 Å². The molecule has 0 aromatic carbocycles. The quantitative estimate of drug-likeness (QED) is 0.812. The molecule has 1 fully saturated rings. The van der Waals surface area contributed by atoms with Crippen molar-refractivity contribution in [3.05, 3.63) is 17.4 Å². The lowest BCUT2D eigenvalue weighted by Crippen LogP contribution is -2.10. The molecule has 0 aliphatic heterocycles. The van der Waals surface area contributed by atoms with E-state index in [1.165, 1.54) is 0 Å². The SMILES string of the molecule is CS(=O)(=O)c1nn(Cc2noc(C3CCC3)n2)nc1C(F)F. The van der Waals surface area contributed by atoms with Gasteiger partial charge in [0.25, 0.3) is 6.43 Å². The number of hydrogen-bond donors (Lipinski definition) is 0. The van der Waals surface area contributed by atoms with Crippen molar-refractivity contribution in [2.75, 3.05) is 6.26 Å². The molecule has 1 saturated carbocycles. The molecule has 0 unspecified atom stereocenters. The molecular weight excluding hydrogens is 320 g/mol. The summed E-state index contributed by atoms with van der Waals surface area (Å²) < 4.78 is 53.7. The zero-order valence-electron chi connectivity index (χ0n) is 11.6. The topological polar surface area (TPSA) is 104 Å². The van der Waals surface area contributed by atoms with Crippen LogP contribution < -0.4 is 0 Å². The number of hydrogen-bond acceptors (Lipinski definition) is 7. The van der Waals surface area contributed by atoms with Gasteiger partial charge in [0, 0.05) is 12.2 Å². The predicted octanol–water partition coefficient (Wildman–Crippen LogP) is 1.32. The second-order valence-electron chi connectivity index (χ2n) is 5.17. The second-order valence-corrected chi connectivity index (χ2v) is 7.10. The first-order valence-corrected chi connectivity index (χ1v) is 8.49. The first kappa shape index (κ1) is 15.0. The largest absolute Gasteiger partial charge is 0.339 e. The molecule has 1 aliphatic rings. The fraction of sp³-hybridized carbons (Fsp3) is 0.636. The maximum Gasteiger partial charge on any atom is 0.285 e. The summed E-state index contributed by atoms with van der Waals surface area (Å²) in [6.07, 6.45) is 0.842. The Bertz CT molecular complexity index is 782. The van der Waals surface area contributed by atoms with Crippen molar-refractivity contribution in [3.8, 4) is 0 Å². The Labute approximate surface area is 124 Å². The van der Waals surface area contributed by atoms with Crippen LogP contribution in [0.15, 0.2) is 9.55 Å². The molecule has 0 radical (unpaired) electrons. The van der Waals surface area contributed by atoms with Crippen LogP contribution in [0.3, 0.4) is 0 Å². The first-order chi connectivity index (χ1) is 10.3. The standard InChI is InChI=1S/C11H13F2N5O3S/c1-22(19,20)11-8(9(12)13)15-18(16-11)5-7-14-10(21-17-7)6-3-2-4-6/h6,9H,2-5H2,1H3. The molecular formula is C11H13F2N5O3S. The van der Waals surface area contributed by atoms with Crippen LogP contribution in [0.4, 0.5) is 8.78 Å². The molecule has 2 aromatic rings. The minimum Gasteiger partial charge on any atom is -0.339 e. The van der Waals surface area contributed by atoms with Gasteiger partial charge in [-0.15, -0.1) is 5.10 Å². The fourth-order valence-corrected chi connectivity index (χ4v) is 2.85. The molecule has 3 rings (SSSR count). The monoisotopic (exact) mass is 333 g/mol. The molecule has 2 aromatic heterocycles. The molecule has 0 atom stereocenters. The highest BCUT2D eigenvalue weighted by atomic mass is 32.2. The van der Waals surface area contributed by atoms with Gasteiger partial charge in [-0.05, 0) is 12.8 Å². The number of sulfone groups is 1. The van der Waals surface area contributed by atoms with Crippen LogP contribution in [0.1, 0.15) is 49.0 Å². The highest BCUT2D eigenvalue weighted by Crippen LogP contribution is 2.35. The highest BCUT2D eigenvalue weighted by molar-refractivity contribution is 7.90. The van der Waals surface area contributed by atoms with Crippen LogP contribution in [0.2, 0.25) is 0 Å². The lowest BCUT2D eigenvalue weighted by Gasteiger charge is -2.20. The van der Waals surface area contributed by atoms with E-state index < -0.39 is 27.0 Å². The summed E-state index contributed by atoms with van der Waals surface area (Å²) in [7, 11) is -3.89. The van der Waals surface area contributed by atoms with Crippen molar-refractivity contribution >= 4 is 9.84 Å². The molecule has 0 N–H and O–H groups in total. The number of rotatable bonds is 5. The van der Waals surface area contributed by atoms with E-state index in [1.807, 2.05) is 0 Å². The zero-order valence-corrected chi connectivity index (χ0v) is 12.4. The Morgan fingerprint density at radius 3 is 2.59 bits per heavy atom. The molecule has 0 bridgehead atoms. The van der Waals surface area contributed by atoms with Crippen LogP contribution in [0.5, 0.6) is 0 Å². The lowest BCUT2D eigenvalue weighted by molar-refractivity contribution is 0.141. The van der Waals surface area contributed by atoms with Gasteiger partial charge in [-0.2, -0.15) is 14.9 Å². The Morgan fingerprint density at radius 2 is 2.09 bits per heavy atom. The first-order valence-electron chi connectivity index (χ1n) is 6.60. The maximum absolute atomic E-state index is 12.8. The Hall–Kier alpha value is -1.91. The van der Waals surface area contributed by atoms with E-state index in [1.54, 1.807) is 0 Å². The highest BCUT2D eigenvalue weighted by Gasteiger charge is 2.28. The van der Waals surface area contributed by atoms with E-state index in [0.29, 0.717) is 5.89 Å². The fourth-order valence-electron chi connectivity index (χ4n) is 2.10. The van der Waals surface area contributed by atoms with Crippen LogP contribution in [-0.2, 0) is 16.4 Å². The molecule has 8 nitrogen and oxygen atoms in total. The van der Waals surface area contributed by atoms with Crippen LogP contribution in [0, 0.1) is 0 Å². The summed E-state index contributed by atoms with van der Waals surface area (Å²) in [6.45, 7) is -0.133. The number of halogens is 2. The average Bonchev–Trinajstić information content (AvgIpc) is 2.94. The van der Waals surface area contributed by atoms with Crippen molar-refractivity contribution in [3.63, 3.8) is 0 Å². The molecule has 120 valence electrons. The van der Waals surface area contributed by atoms with Crippen molar-refractivity contribution in [2.45, 2.75) is 43.2 Å². The zero-order chi connectivity index (χ0) is 15.9. The number of aromatic nitrogens is 5. The third-order valence-corrected chi connectivity index (χ3v) is 4.42. The summed E-state index contributed by atoms with van der Waals surface area (Å²) >= 11 is 0. The second kappa shape index (κ2) is 5.38. The minimum atomic E-state index is -3.89. The van der Waals surface area contributed by atoms with Crippen molar-refractivity contribution in [2.24, 2.45) is 0 Å². The molecule has 1 aliphatic carbocycles. The Morgan fingerprint density at radius 1 is 1.36 bits per heavy atom. The van der Waals surface area contributed by atoms with Crippen LogP contribution >= 0.6 is 0 Å². The third-order valence-electron chi connectivity index (χ3n) is 3.43. The van der Waals surface area contributed by atoms with E-state index in [4.69, 9.17) is 4.52 Å². The molecule has 11 heteroatoms. The normalized spacial score (nSPS) is 16.2. The summed E-state index contributed by atoms with van der Waals surface area (Å²) in [5, 5.41) is 10.1. The minimum absolute atomic E-state index is 0.133. The smallest absolute Gasteiger partial charge is 0.285 e. The summed E-state index contributed by atoms with van der Waals surface area (Å²) in [5.74, 6) is 0.971. The van der Waals surface area contributed by atoms with E-state index in [-0.39, 0.29) is 18.3 Å². The van der Waals surface area contributed by atoms with Crippen molar-refractivity contribution in [1.29, 1.82) is 0 Å². The third kappa shape index (κ3) is 2.85. The van der Waals surface area contributed by atoms with Gasteiger partial charge < -0.3 is 4.52 Å². The van der Waals surface area contributed by atoms with Gasteiger partial charge in [-0.3, -0.25) is 0 Å². The number of alkyl halides is 2. The van der Waals surface area contributed by atoms with Gasteiger partial charge in [0.2, 0.25) is 10.9 Å². The van der Waals surface area contributed by atoms with E-state index >= 15 is 0 Å². The van der Waals surface area contributed by atoms with Gasteiger partial charge in [-0.1, -0.05) is 11.6 Å². The molecule has 0 spiro atoms. The summed E-state index contributed by atoms with van der Waals surface area (Å²) in [4.78, 5) is 5.00. The lowest BCUT2D eigenvalue weighted by atomic mass is 9.85. The van der Waals surface area contributed by atoms with E-state index in [2.05, 4.69) is 20.3 Å². The average molecular weight is 333 g/mol. The molecule has 22 heavy (non-hydrogen) atoms. The number of nitrogens with zero attached hydrogens (tertiary/aromatic N) is 5. The van der Waals surface area contributed by atoms with E-state index in [0.717, 1.165) is 30.3 Å². The van der Waals surface area contributed by atoms with Gasteiger partial charge >= 0.3 is 0 Å². The Kier molecular flexibility index (Phi) is 3.67. The van der Waals surface area contributed by atoms with Crippen LogP contribution in [-0.4, -0.2) is 39.8 Å². The van der Waals surface area contributed by atoms with Gasteiger partial charge in [0.15, 0.2) is 21.4 Å².